The van der Waals surface area contributed by atoms with E-state index in [0.29, 0.717) is 17.4 Å². The van der Waals surface area contributed by atoms with Crippen molar-refractivity contribution in [2.24, 2.45) is 0 Å². The van der Waals surface area contributed by atoms with Crippen molar-refractivity contribution in [1.29, 1.82) is 0 Å². The number of carbonyl (C=O) groups excluding carboxylic acids is 2. The predicted molar refractivity (Wildman–Crippen MR) is 327 cm³/mol. The van der Waals surface area contributed by atoms with Gasteiger partial charge in [-0.1, -0.05) is 294 Å². The number of carboxylic acids is 1. The summed E-state index contributed by atoms with van der Waals surface area (Å²) in [5, 5.41) is 9.73. The minimum Gasteiger partial charge on any atom is -0.477 e. The second kappa shape index (κ2) is 59.4. The molecule has 0 aliphatic rings. The van der Waals surface area contributed by atoms with Gasteiger partial charge in [0.1, 0.15) is 13.2 Å². The number of aliphatic carboxylic acids is 1. The first-order valence-electron chi connectivity index (χ1n) is 32.8. The number of carboxylic acid groups (broad SMARTS) is 1. The Morgan fingerprint density at radius 2 is 0.740 bits per heavy atom. The lowest BCUT2D eigenvalue weighted by Crippen LogP contribution is -2.40. The number of unbranched alkanes of at least 4 members (excludes halogenated alkanes) is 38. The van der Waals surface area contributed by atoms with Crippen LogP contribution in [0.4, 0.5) is 0 Å². The molecule has 0 saturated heterocycles. The molecule has 0 heterocycles. The van der Waals surface area contributed by atoms with Gasteiger partial charge in [0, 0.05) is 12.8 Å². The summed E-state index contributed by atoms with van der Waals surface area (Å²) in [5.74, 6) is -1.99. The molecule has 450 valence electrons. The highest BCUT2D eigenvalue weighted by Gasteiger charge is 2.25. The Balaban J connectivity index is 4.13. The molecule has 0 radical (unpaired) electrons. The molecule has 9 nitrogen and oxygen atoms in total. The largest absolute Gasteiger partial charge is 0.477 e. The van der Waals surface area contributed by atoms with Crippen molar-refractivity contribution < 1.29 is 42.9 Å². The fourth-order valence-corrected chi connectivity index (χ4v) is 9.60. The molecule has 77 heavy (non-hydrogen) atoms. The van der Waals surface area contributed by atoms with Gasteiger partial charge in [0.25, 0.3) is 6.29 Å². The van der Waals surface area contributed by atoms with Gasteiger partial charge in [-0.15, -0.1) is 0 Å². The summed E-state index contributed by atoms with van der Waals surface area (Å²) >= 11 is 0. The van der Waals surface area contributed by atoms with Crippen LogP contribution in [0.25, 0.3) is 0 Å². The summed E-state index contributed by atoms with van der Waals surface area (Å²) in [5.41, 5.74) is 0. The summed E-state index contributed by atoms with van der Waals surface area (Å²) in [7, 11) is 5.98. The second-order valence-corrected chi connectivity index (χ2v) is 23.4. The van der Waals surface area contributed by atoms with E-state index >= 15 is 0 Å². The van der Waals surface area contributed by atoms with Crippen LogP contribution in [0.3, 0.4) is 0 Å². The summed E-state index contributed by atoms with van der Waals surface area (Å²) in [6.07, 6.45) is 72.1. The molecule has 0 spiro atoms. The van der Waals surface area contributed by atoms with Crippen LogP contribution in [-0.4, -0.2) is 87.4 Å². The normalized spacial score (nSPS) is 13.0. The van der Waals surface area contributed by atoms with Crippen molar-refractivity contribution in [3.8, 4) is 0 Å². The molecule has 2 atom stereocenters. The number of rotatable bonds is 61. The molecule has 0 aliphatic heterocycles. The van der Waals surface area contributed by atoms with E-state index < -0.39 is 24.3 Å². The summed E-state index contributed by atoms with van der Waals surface area (Å²) in [6.45, 7) is 4.82. The van der Waals surface area contributed by atoms with E-state index in [1.54, 1.807) is 0 Å². The number of likely N-dealkylation sites (N-methyl/N-ethyl adjacent to an activating group) is 1. The van der Waals surface area contributed by atoms with E-state index in [1.807, 2.05) is 21.1 Å². The molecule has 0 rings (SSSR count). The smallest absolute Gasteiger partial charge is 0.361 e. The molecule has 0 aliphatic carbocycles. The molecular weight excluding hydrogens is 959 g/mol. The summed E-state index contributed by atoms with van der Waals surface area (Å²) < 4.78 is 23.0. The van der Waals surface area contributed by atoms with Gasteiger partial charge in [0.2, 0.25) is 0 Å². The number of hydrogen-bond acceptors (Lipinski definition) is 7. The molecule has 0 aromatic heterocycles. The van der Waals surface area contributed by atoms with E-state index in [4.69, 9.17) is 18.9 Å². The number of ether oxygens (including phenoxy) is 4. The lowest BCUT2D eigenvalue weighted by molar-refractivity contribution is -0.870. The van der Waals surface area contributed by atoms with Crippen molar-refractivity contribution in [3.63, 3.8) is 0 Å². The van der Waals surface area contributed by atoms with Crippen LogP contribution < -0.4 is 0 Å². The number of hydrogen-bond donors (Lipinski definition) is 1. The monoisotopic (exact) mass is 1080 g/mol. The highest BCUT2D eigenvalue weighted by atomic mass is 16.7. The van der Waals surface area contributed by atoms with E-state index in [0.717, 1.165) is 64.2 Å². The van der Waals surface area contributed by atoms with Crippen LogP contribution in [0.1, 0.15) is 309 Å². The lowest BCUT2D eigenvalue weighted by Gasteiger charge is -2.25. The Hall–Kier alpha value is -2.75. The maximum Gasteiger partial charge on any atom is 0.361 e. The Bertz CT molecular complexity index is 1400. The quantitative estimate of drug-likeness (QED) is 0.0211. The second-order valence-electron chi connectivity index (χ2n) is 23.4. The number of quaternary nitrogens is 1. The average Bonchev–Trinajstić information content (AvgIpc) is 3.40. The van der Waals surface area contributed by atoms with Crippen molar-refractivity contribution >= 4 is 17.9 Å². The zero-order valence-electron chi connectivity index (χ0n) is 51.4. The van der Waals surface area contributed by atoms with Crippen LogP contribution in [0.15, 0.2) is 48.6 Å². The first kappa shape index (κ1) is 74.2. The van der Waals surface area contributed by atoms with Gasteiger partial charge < -0.3 is 28.5 Å². The third-order valence-corrected chi connectivity index (χ3v) is 14.6. The molecule has 0 bridgehead atoms. The van der Waals surface area contributed by atoms with Crippen LogP contribution in [0, 0.1) is 0 Å². The van der Waals surface area contributed by atoms with Crippen molar-refractivity contribution in [2.45, 2.75) is 322 Å². The van der Waals surface area contributed by atoms with Gasteiger partial charge in [-0.2, -0.15) is 0 Å². The highest BCUT2D eigenvalue weighted by Crippen LogP contribution is 2.18. The van der Waals surface area contributed by atoms with Gasteiger partial charge in [-0.25, -0.2) is 4.79 Å². The number of allylic oxidation sites excluding steroid dienone is 8. The first-order valence-corrected chi connectivity index (χ1v) is 32.8. The van der Waals surface area contributed by atoms with E-state index in [-0.39, 0.29) is 32.2 Å². The molecule has 2 unspecified atom stereocenters. The Labute approximate surface area is 476 Å². The minimum atomic E-state index is -1.51. The molecule has 0 aromatic carbocycles. The van der Waals surface area contributed by atoms with Crippen LogP contribution in [0.5, 0.6) is 0 Å². The highest BCUT2D eigenvalue weighted by molar-refractivity contribution is 5.71. The van der Waals surface area contributed by atoms with Gasteiger partial charge >= 0.3 is 17.9 Å². The number of esters is 2. The Kier molecular flexibility index (Phi) is 57.3. The lowest BCUT2D eigenvalue weighted by atomic mass is 10.0. The van der Waals surface area contributed by atoms with E-state index in [9.17, 15) is 19.5 Å². The third-order valence-electron chi connectivity index (χ3n) is 14.6. The van der Waals surface area contributed by atoms with Gasteiger partial charge in [-0.3, -0.25) is 9.59 Å². The van der Waals surface area contributed by atoms with Crippen LogP contribution in [-0.2, 0) is 33.3 Å². The minimum absolute atomic E-state index is 0.179. The summed E-state index contributed by atoms with van der Waals surface area (Å²) in [4.78, 5) is 37.6. The van der Waals surface area contributed by atoms with Crippen molar-refractivity contribution in [1.82, 2.24) is 0 Å². The molecule has 0 saturated carbocycles. The van der Waals surface area contributed by atoms with Crippen molar-refractivity contribution in [2.75, 3.05) is 47.5 Å². The third kappa shape index (κ3) is 60.7. The number of carbonyl (C=O) groups is 3. The molecule has 0 amide bonds. The molecule has 0 fully saturated rings. The van der Waals surface area contributed by atoms with Crippen LogP contribution in [0.2, 0.25) is 0 Å². The summed E-state index contributed by atoms with van der Waals surface area (Å²) in [6, 6.07) is 0. The standard InChI is InChI=1S/C68H125NO8/c1-6-8-10-12-14-16-18-20-22-24-26-28-30-32-33-35-36-38-40-42-44-46-48-50-52-54-56-58-65(70)75-62-64(63-76-68(67(72)73)74-61-60-69(3,4)5)77-66(71)59-57-55-53-51-49-47-45-43-41-39-37-34-31-29-27-25-23-21-19-17-15-13-11-9-7-2/h9,11,15,17,21,23,27,29,64,68H,6-8,10,12-14,16,18-20,22,24-26,28,30-63H2,1-5H3/p+1/b11-9-,17-15-,23-21-,29-27-. The molecule has 9 heteroatoms. The van der Waals surface area contributed by atoms with E-state index in [2.05, 4.69) is 62.5 Å². The van der Waals surface area contributed by atoms with Gasteiger partial charge in [0.05, 0.1) is 34.4 Å². The first-order chi connectivity index (χ1) is 37.6. The average molecular weight is 1090 g/mol. The topological polar surface area (TPSA) is 108 Å². The van der Waals surface area contributed by atoms with E-state index in [1.165, 1.54) is 218 Å². The molecular formula is C68H126NO8+. The van der Waals surface area contributed by atoms with Crippen molar-refractivity contribution in [3.05, 3.63) is 48.6 Å². The fourth-order valence-electron chi connectivity index (χ4n) is 9.60. The zero-order valence-corrected chi connectivity index (χ0v) is 51.4. The maximum absolute atomic E-state index is 12.9. The van der Waals surface area contributed by atoms with Crippen LogP contribution >= 0.6 is 0 Å². The molecule has 0 aromatic rings. The Morgan fingerprint density at radius 1 is 0.403 bits per heavy atom. The molecule has 1 N–H and O–H groups in total. The number of nitrogens with zero attached hydrogens (tertiary/aromatic N) is 1. The van der Waals surface area contributed by atoms with Gasteiger partial charge in [0.15, 0.2) is 6.10 Å². The fraction of sp³-hybridized carbons (Fsp3) is 0.838. The van der Waals surface area contributed by atoms with Gasteiger partial charge in [-0.05, 0) is 51.4 Å². The zero-order chi connectivity index (χ0) is 56.2. The maximum atomic E-state index is 12.9. The SMILES string of the molecule is CC/C=C\C/C=C\C/C=C\C/C=C\CCCCCCCCCCCCCCC(=O)OC(COC(=O)CCCCCCCCCCCCCCCCCCCCCCCCCCCCC)COC(OCC[N+](C)(C)C)C(=O)O. The Morgan fingerprint density at radius 3 is 1.10 bits per heavy atom. The predicted octanol–water partition coefficient (Wildman–Crippen LogP) is 19.8.